The SMILES string of the molecule is O=C1O[C@@H](c2ccccc2F)C[C@H]1O. The van der Waals surface area contributed by atoms with Crippen LogP contribution >= 0.6 is 0 Å². The van der Waals surface area contributed by atoms with E-state index in [0.29, 0.717) is 5.56 Å². The van der Waals surface area contributed by atoms with Gasteiger partial charge < -0.3 is 9.84 Å². The van der Waals surface area contributed by atoms with Crippen LogP contribution in [-0.4, -0.2) is 17.2 Å². The minimum absolute atomic E-state index is 0.125. The van der Waals surface area contributed by atoms with Crippen LogP contribution in [-0.2, 0) is 9.53 Å². The molecule has 14 heavy (non-hydrogen) atoms. The number of aliphatic hydroxyl groups is 1. The second-order valence-electron chi connectivity index (χ2n) is 3.20. The largest absolute Gasteiger partial charge is 0.455 e. The lowest BCUT2D eigenvalue weighted by Crippen LogP contribution is -2.11. The van der Waals surface area contributed by atoms with Gasteiger partial charge in [0.05, 0.1) is 0 Å². The van der Waals surface area contributed by atoms with Crippen molar-refractivity contribution in [2.75, 3.05) is 0 Å². The molecular formula is C10H9FO3. The second kappa shape index (κ2) is 3.38. The van der Waals surface area contributed by atoms with Gasteiger partial charge in [-0.1, -0.05) is 18.2 Å². The van der Waals surface area contributed by atoms with Gasteiger partial charge in [-0.2, -0.15) is 0 Å². The van der Waals surface area contributed by atoms with E-state index in [-0.39, 0.29) is 6.42 Å². The molecule has 0 saturated carbocycles. The lowest BCUT2D eigenvalue weighted by molar-refractivity contribution is -0.147. The fourth-order valence-corrected chi connectivity index (χ4v) is 1.49. The first-order chi connectivity index (χ1) is 6.68. The zero-order valence-corrected chi connectivity index (χ0v) is 7.31. The van der Waals surface area contributed by atoms with Crippen LogP contribution in [0, 0.1) is 5.82 Å². The predicted octanol–water partition coefficient (Wildman–Crippen LogP) is 1.17. The molecule has 1 aromatic carbocycles. The van der Waals surface area contributed by atoms with E-state index in [1.165, 1.54) is 6.07 Å². The molecule has 0 bridgehead atoms. The molecule has 1 N–H and O–H groups in total. The van der Waals surface area contributed by atoms with Gasteiger partial charge in [0.2, 0.25) is 0 Å². The van der Waals surface area contributed by atoms with Crippen molar-refractivity contribution in [1.82, 2.24) is 0 Å². The highest BCUT2D eigenvalue weighted by Crippen LogP contribution is 2.30. The summed E-state index contributed by atoms with van der Waals surface area (Å²) in [6.45, 7) is 0. The zero-order valence-electron chi connectivity index (χ0n) is 7.31. The number of carbonyl (C=O) groups is 1. The van der Waals surface area contributed by atoms with E-state index in [9.17, 15) is 9.18 Å². The highest BCUT2D eigenvalue weighted by atomic mass is 19.1. The summed E-state index contributed by atoms with van der Waals surface area (Å²) in [5, 5.41) is 9.12. The molecule has 74 valence electrons. The van der Waals surface area contributed by atoms with E-state index in [1.54, 1.807) is 18.2 Å². The Balaban J connectivity index is 2.25. The third-order valence-corrected chi connectivity index (χ3v) is 2.22. The predicted molar refractivity (Wildman–Crippen MR) is 45.9 cm³/mol. The van der Waals surface area contributed by atoms with Crippen LogP contribution in [0.1, 0.15) is 18.1 Å². The van der Waals surface area contributed by atoms with E-state index in [2.05, 4.69) is 0 Å². The lowest BCUT2D eigenvalue weighted by Gasteiger charge is -2.09. The summed E-state index contributed by atoms with van der Waals surface area (Å²) in [6.07, 6.45) is -1.65. The Bertz CT molecular complexity index is 364. The molecular weight excluding hydrogens is 187 g/mol. The Labute approximate surface area is 80.1 Å². The third-order valence-electron chi connectivity index (χ3n) is 2.22. The molecule has 0 spiro atoms. The fourth-order valence-electron chi connectivity index (χ4n) is 1.49. The Kier molecular flexibility index (Phi) is 2.21. The molecule has 1 aromatic rings. The molecule has 1 heterocycles. The third kappa shape index (κ3) is 1.48. The van der Waals surface area contributed by atoms with Crippen LogP contribution in [0.2, 0.25) is 0 Å². The van der Waals surface area contributed by atoms with Gasteiger partial charge in [0.15, 0.2) is 6.10 Å². The summed E-state index contributed by atoms with van der Waals surface area (Å²) >= 11 is 0. The summed E-state index contributed by atoms with van der Waals surface area (Å²) in [5.41, 5.74) is 0.317. The van der Waals surface area contributed by atoms with E-state index in [0.717, 1.165) is 0 Å². The molecule has 2 rings (SSSR count). The molecule has 1 fully saturated rings. The Morgan fingerprint density at radius 2 is 2.14 bits per heavy atom. The highest BCUT2D eigenvalue weighted by Gasteiger charge is 2.34. The van der Waals surface area contributed by atoms with Gasteiger partial charge in [0.1, 0.15) is 11.9 Å². The van der Waals surface area contributed by atoms with Crippen molar-refractivity contribution >= 4 is 5.97 Å². The van der Waals surface area contributed by atoms with Gasteiger partial charge in [-0.25, -0.2) is 9.18 Å². The average molecular weight is 196 g/mol. The number of carbonyl (C=O) groups excluding carboxylic acids is 1. The van der Waals surface area contributed by atoms with Gasteiger partial charge >= 0.3 is 5.97 Å². The van der Waals surface area contributed by atoms with E-state index < -0.39 is 24.0 Å². The van der Waals surface area contributed by atoms with Crippen LogP contribution < -0.4 is 0 Å². The monoisotopic (exact) mass is 196 g/mol. The first-order valence-corrected chi connectivity index (χ1v) is 4.31. The number of cyclic esters (lactones) is 1. The molecule has 1 aliphatic heterocycles. The smallest absolute Gasteiger partial charge is 0.335 e. The molecule has 3 nitrogen and oxygen atoms in total. The van der Waals surface area contributed by atoms with Gasteiger partial charge in [-0.05, 0) is 6.07 Å². The summed E-state index contributed by atoms with van der Waals surface area (Å²) in [5.74, 6) is -1.10. The molecule has 0 amide bonds. The number of rotatable bonds is 1. The minimum Gasteiger partial charge on any atom is -0.455 e. The maximum absolute atomic E-state index is 13.2. The van der Waals surface area contributed by atoms with Crippen molar-refractivity contribution in [1.29, 1.82) is 0 Å². The highest BCUT2D eigenvalue weighted by molar-refractivity contribution is 5.76. The summed E-state index contributed by atoms with van der Waals surface area (Å²) in [4.78, 5) is 10.9. The van der Waals surface area contributed by atoms with Crippen molar-refractivity contribution in [2.24, 2.45) is 0 Å². The number of esters is 1. The number of ether oxygens (including phenoxy) is 1. The molecule has 1 aliphatic rings. The Hall–Kier alpha value is -1.42. The lowest BCUT2D eigenvalue weighted by atomic mass is 10.1. The first-order valence-electron chi connectivity index (χ1n) is 4.31. The first kappa shape index (κ1) is 9.15. The van der Waals surface area contributed by atoms with E-state index in [1.807, 2.05) is 0 Å². The number of benzene rings is 1. The number of aliphatic hydroxyl groups excluding tert-OH is 1. The average Bonchev–Trinajstić information content (AvgIpc) is 2.48. The van der Waals surface area contributed by atoms with Gasteiger partial charge in [0, 0.05) is 12.0 Å². The number of halogens is 1. The summed E-state index contributed by atoms with van der Waals surface area (Å²) in [7, 11) is 0. The fraction of sp³-hybridized carbons (Fsp3) is 0.300. The molecule has 0 aromatic heterocycles. The van der Waals surface area contributed by atoms with Crippen molar-refractivity contribution in [3.63, 3.8) is 0 Å². The molecule has 2 atom stereocenters. The summed E-state index contributed by atoms with van der Waals surface area (Å²) < 4.78 is 18.0. The van der Waals surface area contributed by atoms with E-state index in [4.69, 9.17) is 9.84 Å². The zero-order chi connectivity index (χ0) is 10.1. The van der Waals surface area contributed by atoms with Crippen molar-refractivity contribution in [3.05, 3.63) is 35.6 Å². The normalized spacial score (nSPS) is 26.3. The molecule has 0 unspecified atom stereocenters. The standard InChI is InChI=1S/C10H9FO3/c11-7-4-2-1-3-6(7)9-5-8(12)10(13)14-9/h1-4,8-9,12H,5H2/t8-,9-/m1/s1. The van der Waals surface area contributed by atoms with Crippen molar-refractivity contribution in [3.8, 4) is 0 Å². The van der Waals surface area contributed by atoms with Crippen LogP contribution in [0.3, 0.4) is 0 Å². The van der Waals surface area contributed by atoms with Crippen molar-refractivity contribution in [2.45, 2.75) is 18.6 Å². The van der Waals surface area contributed by atoms with Gasteiger partial charge in [-0.3, -0.25) is 0 Å². The molecule has 0 radical (unpaired) electrons. The molecule has 0 aliphatic carbocycles. The summed E-state index contributed by atoms with van der Waals surface area (Å²) in [6, 6.07) is 6.07. The van der Waals surface area contributed by atoms with Gasteiger partial charge in [0.25, 0.3) is 0 Å². The minimum atomic E-state index is -1.13. The topological polar surface area (TPSA) is 46.5 Å². The van der Waals surface area contributed by atoms with Crippen LogP contribution in [0.15, 0.2) is 24.3 Å². The Morgan fingerprint density at radius 3 is 2.71 bits per heavy atom. The van der Waals surface area contributed by atoms with Crippen LogP contribution in [0.4, 0.5) is 4.39 Å². The quantitative estimate of drug-likeness (QED) is 0.686. The molecule has 4 heteroatoms. The maximum Gasteiger partial charge on any atom is 0.335 e. The Morgan fingerprint density at radius 1 is 1.43 bits per heavy atom. The van der Waals surface area contributed by atoms with Gasteiger partial charge in [-0.15, -0.1) is 0 Å². The second-order valence-corrected chi connectivity index (χ2v) is 3.20. The van der Waals surface area contributed by atoms with E-state index >= 15 is 0 Å². The van der Waals surface area contributed by atoms with Crippen LogP contribution in [0.5, 0.6) is 0 Å². The number of hydrogen-bond acceptors (Lipinski definition) is 3. The molecule has 1 saturated heterocycles. The van der Waals surface area contributed by atoms with Crippen LogP contribution in [0.25, 0.3) is 0 Å². The number of hydrogen-bond donors (Lipinski definition) is 1. The van der Waals surface area contributed by atoms with Crippen molar-refractivity contribution < 1.29 is 19.0 Å². The maximum atomic E-state index is 13.2.